The van der Waals surface area contributed by atoms with Crippen LogP contribution in [0.5, 0.6) is 0 Å². The zero-order valence-corrected chi connectivity index (χ0v) is 14.5. The van der Waals surface area contributed by atoms with Crippen LogP contribution < -0.4 is 5.32 Å². The van der Waals surface area contributed by atoms with Gasteiger partial charge in [0.1, 0.15) is 0 Å². The van der Waals surface area contributed by atoms with Crippen molar-refractivity contribution in [1.29, 1.82) is 0 Å². The summed E-state index contributed by atoms with van der Waals surface area (Å²) in [5.41, 5.74) is 3.20. The van der Waals surface area contributed by atoms with Gasteiger partial charge in [0.05, 0.1) is 12.1 Å². The van der Waals surface area contributed by atoms with Crippen LogP contribution in [-0.4, -0.2) is 12.2 Å². The Hall–Kier alpha value is -1.56. The van der Waals surface area contributed by atoms with Crippen LogP contribution in [0.3, 0.4) is 0 Å². The number of hydrogen-bond donors (Lipinski definition) is 1. The quantitative estimate of drug-likeness (QED) is 0.650. The van der Waals surface area contributed by atoms with Gasteiger partial charge >= 0.3 is 0 Å². The molecule has 2 nitrogen and oxygen atoms in total. The second-order valence-corrected chi connectivity index (χ2v) is 7.32. The van der Waals surface area contributed by atoms with Gasteiger partial charge in [-0.05, 0) is 57.8 Å². The standard InChI is InChI=1S/C17H15NOS3/c1-20-16-5-3-2-4-15(16)17(19)18-9-14-8-13(11-22-14)12-6-7-21-10-12/h2-8,10-11H,9H2,1H3,(H,18,19). The molecule has 0 atom stereocenters. The SMILES string of the molecule is CSc1ccccc1C(=O)NCc1cc(-c2ccsc2)cs1. The average molecular weight is 346 g/mol. The molecule has 0 fully saturated rings. The zero-order valence-electron chi connectivity index (χ0n) is 12.0. The highest BCUT2D eigenvalue weighted by atomic mass is 32.2. The van der Waals surface area contributed by atoms with Gasteiger partial charge in [-0.15, -0.1) is 23.1 Å². The first kappa shape index (κ1) is 15.3. The van der Waals surface area contributed by atoms with Crippen LogP contribution in [0, 0.1) is 0 Å². The Morgan fingerprint density at radius 3 is 2.82 bits per heavy atom. The molecule has 0 saturated heterocycles. The van der Waals surface area contributed by atoms with Crippen LogP contribution in [0.1, 0.15) is 15.2 Å². The number of thiophene rings is 2. The third-order valence-electron chi connectivity index (χ3n) is 3.28. The fraction of sp³-hybridized carbons (Fsp3) is 0.118. The van der Waals surface area contributed by atoms with E-state index in [-0.39, 0.29) is 5.91 Å². The topological polar surface area (TPSA) is 29.1 Å². The minimum absolute atomic E-state index is 0.0181. The number of thioether (sulfide) groups is 1. The van der Waals surface area contributed by atoms with Gasteiger partial charge in [0.2, 0.25) is 0 Å². The molecule has 22 heavy (non-hydrogen) atoms. The summed E-state index contributed by atoms with van der Waals surface area (Å²) in [5, 5.41) is 9.36. The van der Waals surface area contributed by atoms with Crippen LogP contribution in [0.25, 0.3) is 11.1 Å². The van der Waals surface area contributed by atoms with Gasteiger partial charge in [0.25, 0.3) is 5.91 Å². The molecule has 3 rings (SSSR count). The molecule has 0 unspecified atom stereocenters. The number of rotatable bonds is 5. The lowest BCUT2D eigenvalue weighted by molar-refractivity contribution is 0.0948. The molecule has 1 N–H and O–H groups in total. The highest BCUT2D eigenvalue weighted by Crippen LogP contribution is 2.27. The largest absolute Gasteiger partial charge is 0.347 e. The lowest BCUT2D eigenvalue weighted by Crippen LogP contribution is -2.22. The number of hydrogen-bond acceptors (Lipinski definition) is 4. The summed E-state index contributed by atoms with van der Waals surface area (Å²) >= 11 is 4.97. The molecule has 1 amide bonds. The molecule has 112 valence electrons. The summed E-state index contributed by atoms with van der Waals surface area (Å²) in [6.45, 7) is 0.566. The zero-order chi connectivity index (χ0) is 15.4. The van der Waals surface area contributed by atoms with Crippen LogP contribution in [0.4, 0.5) is 0 Å². The molecule has 0 bridgehead atoms. The minimum atomic E-state index is -0.0181. The molecule has 0 aliphatic heterocycles. The van der Waals surface area contributed by atoms with E-state index in [4.69, 9.17) is 0 Å². The first-order valence-corrected chi connectivity index (χ1v) is 9.84. The van der Waals surface area contributed by atoms with Crippen LogP contribution in [0.15, 0.2) is 57.4 Å². The second-order valence-electron chi connectivity index (χ2n) is 4.70. The Morgan fingerprint density at radius 1 is 1.18 bits per heavy atom. The van der Waals surface area contributed by atoms with Crippen molar-refractivity contribution >= 4 is 40.3 Å². The van der Waals surface area contributed by atoms with Crippen LogP contribution >= 0.6 is 34.4 Å². The van der Waals surface area contributed by atoms with Crippen molar-refractivity contribution in [3.8, 4) is 11.1 Å². The fourth-order valence-electron chi connectivity index (χ4n) is 2.15. The molecule has 0 radical (unpaired) electrons. The molecule has 1 aromatic carbocycles. The first-order valence-electron chi connectivity index (χ1n) is 6.79. The Bertz CT molecular complexity index is 762. The molecule has 5 heteroatoms. The number of benzene rings is 1. The highest BCUT2D eigenvalue weighted by Gasteiger charge is 2.10. The Kier molecular flexibility index (Phi) is 4.97. The van der Waals surface area contributed by atoms with E-state index < -0.39 is 0 Å². The van der Waals surface area contributed by atoms with E-state index in [1.807, 2.05) is 30.5 Å². The average Bonchev–Trinajstić information content (AvgIpc) is 3.23. The molecule has 3 aromatic rings. The van der Waals surface area contributed by atoms with Crippen molar-refractivity contribution in [3.05, 3.63) is 63.0 Å². The first-order chi connectivity index (χ1) is 10.8. The van der Waals surface area contributed by atoms with Crippen molar-refractivity contribution in [2.45, 2.75) is 11.4 Å². The van der Waals surface area contributed by atoms with E-state index in [1.165, 1.54) is 11.1 Å². The Labute approximate surface area is 142 Å². The predicted molar refractivity (Wildman–Crippen MR) is 97.0 cm³/mol. The van der Waals surface area contributed by atoms with Gasteiger partial charge in [0, 0.05) is 9.77 Å². The molecule has 0 saturated carbocycles. The van der Waals surface area contributed by atoms with Crippen LogP contribution in [0.2, 0.25) is 0 Å². The molecule has 2 aromatic heterocycles. The monoisotopic (exact) mass is 345 g/mol. The van der Waals surface area contributed by atoms with Gasteiger partial charge in [-0.1, -0.05) is 12.1 Å². The Balaban J connectivity index is 1.66. The number of amides is 1. The Morgan fingerprint density at radius 2 is 2.05 bits per heavy atom. The summed E-state index contributed by atoms with van der Waals surface area (Å²) in [4.78, 5) is 14.5. The molecular weight excluding hydrogens is 330 g/mol. The van der Waals surface area contributed by atoms with Crippen molar-refractivity contribution in [1.82, 2.24) is 5.32 Å². The summed E-state index contributed by atoms with van der Waals surface area (Å²) in [6, 6.07) is 12.0. The number of carbonyl (C=O) groups is 1. The fourth-order valence-corrected chi connectivity index (χ4v) is 4.24. The summed E-state index contributed by atoms with van der Waals surface area (Å²) < 4.78 is 0. The van der Waals surface area contributed by atoms with Gasteiger partial charge < -0.3 is 5.32 Å². The lowest BCUT2D eigenvalue weighted by atomic mass is 10.2. The van der Waals surface area contributed by atoms with E-state index in [2.05, 4.69) is 33.6 Å². The molecule has 0 spiro atoms. The summed E-state index contributed by atoms with van der Waals surface area (Å²) in [7, 11) is 0. The maximum absolute atomic E-state index is 12.3. The molecule has 0 aliphatic rings. The summed E-state index contributed by atoms with van der Waals surface area (Å²) in [5.74, 6) is -0.0181. The molecule has 0 aliphatic carbocycles. The van der Waals surface area contributed by atoms with Gasteiger partial charge in [-0.25, -0.2) is 0 Å². The number of carbonyl (C=O) groups excluding carboxylic acids is 1. The van der Waals surface area contributed by atoms with E-state index in [1.54, 1.807) is 34.4 Å². The van der Waals surface area contributed by atoms with E-state index in [9.17, 15) is 4.79 Å². The van der Waals surface area contributed by atoms with E-state index >= 15 is 0 Å². The maximum atomic E-state index is 12.3. The van der Waals surface area contributed by atoms with E-state index in [0.717, 1.165) is 15.3 Å². The van der Waals surface area contributed by atoms with Crippen LogP contribution in [-0.2, 0) is 6.54 Å². The van der Waals surface area contributed by atoms with Crippen molar-refractivity contribution in [3.63, 3.8) is 0 Å². The highest BCUT2D eigenvalue weighted by molar-refractivity contribution is 7.98. The lowest BCUT2D eigenvalue weighted by Gasteiger charge is -2.07. The smallest absolute Gasteiger partial charge is 0.252 e. The number of nitrogens with one attached hydrogen (secondary N) is 1. The molecule has 2 heterocycles. The predicted octanol–water partition coefficient (Wildman–Crippen LogP) is 5.13. The van der Waals surface area contributed by atoms with E-state index in [0.29, 0.717) is 6.54 Å². The van der Waals surface area contributed by atoms with Gasteiger partial charge in [0.15, 0.2) is 0 Å². The summed E-state index contributed by atoms with van der Waals surface area (Å²) in [6.07, 6.45) is 1.98. The van der Waals surface area contributed by atoms with Crippen molar-refractivity contribution in [2.75, 3.05) is 6.26 Å². The normalized spacial score (nSPS) is 10.6. The van der Waals surface area contributed by atoms with Crippen molar-refractivity contribution in [2.24, 2.45) is 0 Å². The maximum Gasteiger partial charge on any atom is 0.252 e. The van der Waals surface area contributed by atoms with Gasteiger partial charge in [-0.3, -0.25) is 4.79 Å². The molecular formula is C17H15NOS3. The third-order valence-corrected chi connectivity index (χ3v) is 5.70. The van der Waals surface area contributed by atoms with Crippen molar-refractivity contribution < 1.29 is 4.79 Å². The third kappa shape index (κ3) is 3.43. The second kappa shape index (κ2) is 7.13. The van der Waals surface area contributed by atoms with Gasteiger partial charge in [-0.2, -0.15) is 11.3 Å². The minimum Gasteiger partial charge on any atom is -0.347 e.